The number of carboxylic acid groups (broad SMARTS) is 1. The van der Waals surface area contributed by atoms with Crippen molar-refractivity contribution in [3.8, 4) is 0 Å². The predicted molar refractivity (Wildman–Crippen MR) is 85.7 cm³/mol. The molecule has 0 radical (unpaired) electrons. The number of nitrogens with one attached hydrogen (secondary N) is 1. The van der Waals surface area contributed by atoms with E-state index in [1.807, 2.05) is 56.4 Å². The van der Waals surface area contributed by atoms with E-state index in [0.29, 0.717) is 0 Å². The highest BCUT2D eigenvalue weighted by molar-refractivity contribution is 5.85. The minimum absolute atomic E-state index is 0.0221. The molecule has 0 saturated carbocycles. The Balaban J connectivity index is 2.16. The molecule has 1 heterocycles. The fourth-order valence-corrected chi connectivity index (χ4v) is 3.15. The molecule has 112 valence electrons. The van der Waals surface area contributed by atoms with Gasteiger partial charge in [0.25, 0.3) is 0 Å². The molecular formula is C19H18NO2-. The Kier molecular flexibility index (Phi) is 3.72. The van der Waals surface area contributed by atoms with Crippen LogP contribution >= 0.6 is 0 Å². The number of rotatable bonds is 4. The van der Waals surface area contributed by atoms with Gasteiger partial charge < -0.3 is 14.9 Å². The molecule has 2 aromatic carbocycles. The molecule has 3 heteroatoms. The summed E-state index contributed by atoms with van der Waals surface area (Å²) in [7, 11) is 0. The van der Waals surface area contributed by atoms with E-state index in [9.17, 15) is 9.90 Å². The zero-order valence-corrected chi connectivity index (χ0v) is 12.7. The van der Waals surface area contributed by atoms with Crippen molar-refractivity contribution >= 4 is 16.9 Å². The summed E-state index contributed by atoms with van der Waals surface area (Å²) in [6.45, 7) is 4.07. The van der Waals surface area contributed by atoms with Gasteiger partial charge in [-0.2, -0.15) is 0 Å². The number of aromatic amines is 1. The average molecular weight is 292 g/mol. The molecule has 1 atom stereocenters. The summed E-state index contributed by atoms with van der Waals surface area (Å²) in [6, 6.07) is 14.1. The molecule has 0 aliphatic heterocycles. The van der Waals surface area contributed by atoms with Gasteiger partial charge in [0, 0.05) is 29.0 Å². The molecule has 1 N–H and O–H groups in total. The number of hydrogen-bond acceptors (Lipinski definition) is 2. The molecule has 0 bridgehead atoms. The molecule has 0 aliphatic carbocycles. The van der Waals surface area contributed by atoms with E-state index in [4.69, 9.17) is 0 Å². The van der Waals surface area contributed by atoms with Crippen molar-refractivity contribution < 1.29 is 9.90 Å². The van der Waals surface area contributed by atoms with Crippen molar-refractivity contribution in [2.75, 3.05) is 0 Å². The minimum atomic E-state index is -1.03. The summed E-state index contributed by atoms with van der Waals surface area (Å²) in [5.41, 5.74) is 5.35. The second-order valence-corrected chi connectivity index (χ2v) is 5.78. The lowest BCUT2D eigenvalue weighted by atomic mass is 9.85. The Hall–Kier alpha value is -2.55. The smallest absolute Gasteiger partial charge is 0.0457 e. The second kappa shape index (κ2) is 5.68. The van der Waals surface area contributed by atoms with Crippen molar-refractivity contribution in [1.29, 1.82) is 0 Å². The maximum Gasteiger partial charge on any atom is 0.0457 e. The first kappa shape index (κ1) is 14.4. The summed E-state index contributed by atoms with van der Waals surface area (Å²) in [5, 5.41) is 12.3. The van der Waals surface area contributed by atoms with Crippen LogP contribution in [0.5, 0.6) is 0 Å². The Morgan fingerprint density at radius 1 is 1.14 bits per heavy atom. The molecule has 3 rings (SSSR count). The van der Waals surface area contributed by atoms with Gasteiger partial charge in [-0.25, -0.2) is 0 Å². The summed E-state index contributed by atoms with van der Waals surface area (Å²) < 4.78 is 0. The van der Waals surface area contributed by atoms with Crippen LogP contribution in [0.25, 0.3) is 10.9 Å². The number of para-hydroxylation sites is 1. The van der Waals surface area contributed by atoms with Gasteiger partial charge in [-0.15, -0.1) is 0 Å². The van der Waals surface area contributed by atoms with E-state index < -0.39 is 5.97 Å². The standard InChI is InChI=1S/C19H19NO2/c1-12-7-8-14(13(2)9-12)16(10-19(21)22)17-11-20-18-6-4-3-5-15(17)18/h3-9,11,16,20H,10H2,1-2H3,(H,21,22)/p-1/t16-/m0/s1. The molecule has 1 aromatic heterocycles. The van der Waals surface area contributed by atoms with E-state index in [2.05, 4.69) is 11.1 Å². The Bertz CT molecular complexity index is 832. The van der Waals surface area contributed by atoms with E-state index in [1.54, 1.807) is 0 Å². The molecule has 0 fully saturated rings. The van der Waals surface area contributed by atoms with E-state index >= 15 is 0 Å². The summed E-state index contributed by atoms with van der Waals surface area (Å²) in [4.78, 5) is 14.5. The first-order valence-corrected chi connectivity index (χ1v) is 7.39. The molecule has 0 aliphatic rings. The van der Waals surface area contributed by atoms with Gasteiger partial charge in [-0.1, -0.05) is 42.0 Å². The van der Waals surface area contributed by atoms with Crippen molar-refractivity contribution in [3.63, 3.8) is 0 Å². The number of fused-ring (bicyclic) bond motifs is 1. The number of benzene rings is 2. The lowest BCUT2D eigenvalue weighted by Crippen LogP contribution is -2.25. The zero-order valence-electron chi connectivity index (χ0n) is 12.7. The van der Waals surface area contributed by atoms with Crippen molar-refractivity contribution in [2.45, 2.75) is 26.2 Å². The summed E-state index contributed by atoms with van der Waals surface area (Å²) in [5.74, 6) is -1.24. The highest BCUT2D eigenvalue weighted by Gasteiger charge is 2.20. The topological polar surface area (TPSA) is 55.9 Å². The van der Waals surface area contributed by atoms with Crippen LogP contribution < -0.4 is 5.11 Å². The van der Waals surface area contributed by atoms with Gasteiger partial charge in [0.15, 0.2) is 0 Å². The van der Waals surface area contributed by atoms with Gasteiger partial charge in [0.05, 0.1) is 0 Å². The number of hydrogen-bond donors (Lipinski definition) is 1. The van der Waals surface area contributed by atoms with E-state index in [-0.39, 0.29) is 12.3 Å². The van der Waals surface area contributed by atoms with Gasteiger partial charge >= 0.3 is 0 Å². The van der Waals surface area contributed by atoms with Crippen LogP contribution in [0, 0.1) is 13.8 Å². The molecule has 0 saturated heterocycles. The van der Waals surface area contributed by atoms with Gasteiger partial charge in [0.2, 0.25) is 0 Å². The predicted octanol–water partition coefficient (Wildman–Crippen LogP) is 3.06. The molecule has 0 unspecified atom stereocenters. The van der Waals surface area contributed by atoms with Crippen molar-refractivity contribution in [1.82, 2.24) is 4.98 Å². The first-order valence-electron chi connectivity index (χ1n) is 7.39. The first-order chi connectivity index (χ1) is 10.6. The maximum absolute atomic E-state index is 11.3. The van der Waals surface area contributed by atoms with Crippen LogP contribution in [0.3, 0.4) is 0 Å². The molecular weight excluding hydrogens is 274 g/mol. The second-order valence-electron chi connectivity index (χ2n) is 5.78. The fraction of sp³-hybridized carbons (Fsp3) is 0.211. The number of aromatic nitrogens is 1. The van der Waals surface area contributed by atoms with E-state index in [1.165, 1.54) is 5.56 Å². The number of aliphatic carboxylic acids is 1. The van der Waals surface area contributed by atoms with E-state index in [0.717, 1.165) is 27.6 Å². The SMILES string of the molecule is Cc1ccc([C@H](CC(=O)[O-])c2c[nH]c3ccccc23)c(C)c1. The fourth-order valence-electron chi connectivity index (χ4n) is 3.15. The number of carbonyl (C=O) groups is 1. The van der Waals surface area contributed by atoms with Crippen LogP contribution in [0.4, 0.5) is 0 Å². The molecule has 22 heavy (non-hydrogen) atoms. The van der Waals surface area contributed by atoms with Gasteiger partial charge in [-0.3, -0.25) is 0 Å². The van der Waals surface area contributed by atoms with Crippen molar-refractivity contribution in [3.05, 3.63) is 70.9 Å². The number of carbonyl (C=O) groups excluding carboxylic acids is 1. The summed E-state index contributed by atoms with van der Waals surface area (Å²) >= 11 is 0. The monoisotopic (exact) mass is 292 g/mol. The Morgan fingerprint density at radius 2 is 1.91 bits per heavy atom. The number of carboxylic acids is 1. The van der Waals surface area contributed by atoms with Gasteiger partial charge in [-0.05, 0) is 43.0 Å². The third kappa shape index (κ3) is 2.62. The summed E-state index contributed by atoms with van der Waals surface area (Å²) in [6.07, 6.45) is 1.89. The quantitative estimate of drug-likeness (QED) is 0.803. The molecule has 0 spiro atoms. The Morgan fingerprint density at radius 3 is 2.64 bits per heavy atom. The van der Waals surface area contributed by atoms with Crippen LogP contribution in [0.1, 0.15) is 34.6 Å². The number of H-pyrrole nitrogens is 1. The normalized spacial score (nSPS) is 12.5. The molecule has 3 nitrogen and oxygen atoms in total. The third-order valence-electron chi connectivity index (χ3n) is 4.17. The number of aryl methyl sites for hydroxylation is 2. The lowest BCUT2D eigenvalue weighted by Gasteiger charge is -2.20. The largest absolute Gasteiger partial charge is 0.550 e. The van der Waals surface area contributed by atoms with Crippen LogP contribution in [-0.4, -0.2) is 11.0 Å². The molecule has 0 amide bonds. The van der Waals surface area contributed by atoms with Gasteiger partial charge in [0.1, 0.15) is 0 Å². The highest BCUT2D eigenvalue weighted by atomic mass is 16.4. The molecule has 3 aromatic rings. The van der Waals surface area contributed by atoms with Crippen LogP contribution in [0.15, 0.2) is 48.7 Å². The van der Waals surface area contributed by atoms with Crippen LogP contribution in [-0.2, 0) is 4.79 Å². The zero-order chi connectivity index (χ0) is 15.7. The lowest BCUT2D eigenvalue weighted by molar-refractivity contribution is -0.305. The van der Waals surface area contributed by atoms with Crippen molar-refractivity contribution in [2.24, 2.45) is 0 Å². The highest BCUT2D eigenvalue weighted by Crippen LogP contribution is 2.34. The average Bonchev–Trinajstić information content (AvgIpc) is 2.89. The third-order valence-corrected chi connectivity index (χ3v) is 4.17. The Labute approximate surface area is 129 Å². The van der Waals surface area contributed by atoms with Crippen LogP contribution in [0.2, 0.25) is 0 Å². The minimum Gasteiger partial charge on any atom is -0.550 e. The maximum atomic E-state index is 11.3.